The van der Waals surface area contributed by atoms with Gasteiger partial charge in [-0.25, -0.2) is 0 Å². The number of rotatable bonds is 3. The van der Waals surface area contributed by atoms with Gasteiger partial charge in [0.1, 0.15) is 5.75 Å². The average Bonchev–Trinajstić information content (AvgIpc) is 3.12. The van der Waals surface area contributed by atoms with Crippen molar-refractivity contribution in [2.45, 2.75) is 90.6 Å². The van der Waals surface area contributed by atoms with E-state index in [0.717, 1.165) is 44.3 Å². The number of carbonyl (C=O) groups is 1. The Morgan fingerprint density at radius 3 is 2.59 bits per heavy atom. The summed E-state index contributed by atoms with van der Waals surface area (Å²) < 4.78 is 5.66. The molecule has 1 aromatic carbocycles. The van der Waals surface area contributed by atoms with Gasteiger partial charge in [-0.2, -0.15) is 0 Å². The van der Waals surface area contributed by atoms with Crippen LogP contribution in [0.25, 0.3) is 0 Å². The molecule has 0 saturated heterocycles. The number of methoxy groups -OCH3 is 1. The third-order valence-electron chi connectivity index (χ3n) is 8.96. The summed E-state index contributed by atoms with van der Waals surface area (Å²) in [5.41, 5.74) is 6.96. The van der Waals surface area contributed by atoms with Gasteiger partial charge in [-0.05, 0) is 103 Å². The van der Waals surface area contributed by atoms with Crippen molar-refractivity contribution in [3.05, 3.63) is 52.1 Å². The maximum Gasteiger partial charge on any atom is 0.156 e. The van der Waals surface area contributed by atoms with Crippen LogP contribution >= 0.6 is 0 Å². The maximum absolute atomic E-state index is 12.2. The summed E-state index contributed by atoms with van der Waals surface area (Å²) in [5.74, 6) is 5.30. The molecule has 1 aromatic rings. The van der Waals surface area contributed by atoms with E-state index in [1.54, 1.807) is 19.6 Å². The highest BCUT2D eigenvalue weighted by atomic mass is 16.5. The minimum atomic E-state index is -0.209. The lowest BCUT2D eigenvalue weighted by molar-refractivity contribution is -0.114. The van der Waals surface area contributed by atoms with E-state index in [0.29, 0.717) is 30.1 Å². The minimum absolute atomic E-state index is 0.0248. The van der Waals surface area contributed by atoms with Crippen molar-refractivity contribution >= 4 is 5.78 Å². The molecule has 0 spiro atoms. The summed E-state index contributed by atoms with van der Waals surface area (Å²) >= 11 is 0. The average molecular weight is 461 g/mol. The molecule has 182 valence electrons. The van der Waals surface area contributed by atoms with Gasteiger partial charge >= 0.3 is 0 Å². The van der Waals surface area contributed by atoms with E-state index in [2.05, 4.69) is 51.3 Å². The third-order valence-corrected chi connectivity index (χ3v) is 8.96. The smallest absolute Gasteiger partial charge is 0.156 e. The monoisotopic (exact) mass is 460 g/mol. The predicted molar refractivity (Wildman–Crippen MR) is 138 cm³/mol. The number of ether oxygens (including phenoxy) is 1. The first kappa shape index (κ1) is 24.8. The fourth-order valence-electron chi connectivity index (χ4n) is 7.35. The molecule has 0 radical (unpaired) electrons. The molecule has 4 aliphatic carbocycles. The van der Waals surface area contributed by atoms with Gasteiger partial charge in [0.15, 0.2) is 5.78 Å². The molecule has 0 aromatic heterocycles. The van der Waals surface area contributed by atoms with Crippen LogP contribution in [0.15, 0.2) is 41.0 Å². The summed E-state index contributed by atoms with van der Waals surface area (Å²) in [6.45, 7) is 8.44. The van der Waals surface area contributed by atoms with Crippen molar-refractivity contribution in [2.24, 2.45) is 17.3 Å². The molecule has 1 N–H and O–H groups in total. The summed E-state index contributed by atoms with van der Waals surface area (Å²) in [5, 5.41) is 11.0. The standard InChI is InChI=1S/C28H36O3.C3H4/c1-16(2)22-14-18(6-11-25(22)31-4)23-15-28(3)24(10-12-26(28)30)21-8-5-17-13-19(29)7-9-20(17)27(21)23;1-3-2/h6,11,13-14,16,21,23-24,26,30H,5,7-10,12,15H2,1-4H3;1H,2H3. The second-order valence-corrected chi connectivity index (χ2v) is 11.1. The molecule has 5 rings (SSSR count). The summed E-state index contributed by atoms with van der Waals surface area (Å²) in [6.07, 6.45) is 13.1. The van der Waals surface area contributed by atoms with E-state index in [1.165, 1.54) is 22.3 Å². The zero-order valence-corrected chi connectivity index (χ0v) is 21.5. The number of ketones is 1. The van der Waals surface area contributed by atoms with Crippen LogP contribution in [-0.4, -0.2) is 24.1 Å². The molecular formula is C31H40O3. The molecule has 0 aliphatic heterocycles. The van der Waals surface area contributed by atoms with Crippen molar-refractivity contribution in [1.29, 1.82) is 0 Å². The van der Waals surface area contributed by atoms with Crippen LogP contribution < -0.4 is 4.74 Å². The normalized spacial score (nSPS) is 32.1. The van der Waals surface area contributed by atoms with Crippen molar-refractivity contribution < 1.29 is 14.6 Å². The van der Waals surface area contributed by atoms with Gasteiger partial charge in [-0.1, -0.05) is 38.5 Å². The molecule has 34 heavy (non-hydrogen) atoms. The van der Waals surface area contributed by atoms with Gasteiger partial charge in [0, 0.05) is 12.3 Å². The van der Waals surface area contributed by atoms with Gasteiger partial charge < -0.3 is 9.84 Å². The Labute approximate surface area is 205 Å². The number of terminal acetylenes is 1. The second kappa shape index (κ2) is 9.74. The summed E-state index contributed by atoms with van der Waals surface area (Å²) in [6, 6.07) is 6.74. The number of fused-ring (bicyclic) bond motifs is 4. The van der Waals surface area contributed by atoms with E-state index >= 15 is 0 Å². The minimum Gasteiger partial charge on any atom is -0.496 e. The molecule has 0 bridgehead atoms. The fraction of sp³-hybridized carbons (Fsp3) is 0.581. The Balaban J connectivity index is 0.000000868. The zero-order valence-electron chi connectivity index (χ0n) is 21.5. The third kappa shape index (κ3) is 4.16. The molecule has 3 nitrogen and oxygen atoms in total. The lowest BCUT2D eigenvalue weighted by Crippen LogP contribution is -2.45. The second-order valence-electron chi connectivity index (χ2n) is 11.1. The molecule has 2 fully saturated rings. The van der Waals surface area contributed by atoms with Gasteiger partial charge in [0.05, 0.1) is 13.2 Å². The Morgan fingerprint density at radius 1 is 1.18 bits per heavy atom. The van der Waals surface area contributed by atoms with E-state index < -0.39 is 0 Å². The lowest BCUT2D eigenvalue weighted by atomic mass is 9.53. The quantitative estimate of drug-likeness (QED) is 0.509. The first-order valence-corrected chi connectivity index (χ1v) is 12.9. The van der Waals surface area contributed by atoms with Crippen LogP contribution in [-0.2, 0) is 4.79 Å². The molecule has 2 saturated carbocycles. The van der Waals surface area contributed by atoms with Crippen LogP contribution in [0.4, 0.5) is 0 Å². The Morgan fingerprint density at radius 2 is 1.91 bits per heavy atom. The molecule has 0 amide bonds. The topological polar surface area (TPSA) is 46.5 Å². The number of allylic oxidation sites excluding steroid dienone is 4. The summed E-state index contributed by atoms with van der Waals surface area (Å²) in [4.78, 5) is 12.2. The highest BCUT2D eigenvalue weighted by molar-refractivity contribution is 5.93. The molecule has 5 unspecified atom stereocenters. The van der Waals surface area contributed by atoms with Gasteiger partial charge in [-0.3, -0.25) is 4.79 Å². The number of carbonyl (C=O) groups excluding carboxylic acids is 1. The molecular weight excluding hydrogens is 420 g/mol. The van der Waals surface area contributed by atoms with E-state index in [1.807, 2.05) is 6.08 Å². The first-order chi connectivity index (χ1) is 16.2. The first-order valence-electron chi connectivity index (χ1n) is 12.9. The number of aliphatic hydroxyl groups is 1. The van der Waals surface area contributed by atoms with E-state index in [9.17, 15) is 9.90 Å². The number of benzene rings is 1. The van der Waals surface area contributed by atoms with Crippen LogP contribution in [0.5, 0.6) is 5.75 Å². The SMILES string of the molecule is C#CC.COc1ccc(C2CC3(C)C(O)CCC3C3CCC4=CC(=O)CCC4=C23)cc1C(C)C. The van der Waals surface area contributed by atoms with Gasteiger partial charge in [-0.15, -0.1) is 12.3 Å². The fourth-order valence-corrected chi connectivity index (χ4v) is 7.35. The molecule has 4 aliphatic rings. The van der Waals surface area contributed by atoms with Gasteiger partial charge in [0.25, 0.3) is 0 Å². The highest BCUT2D eigenvalue weighted by Gasteiger charge is 2.56. The van der Waals surface area contributed by atoms with Crippen molar-refractivity contribution in [1.82, 2.24) is 0 Å². The Hall–Kier alpha value is -2.31. The van der Waals surface area contributed by atoms with Crippen LogP contribution in [0.2, 0.25) is 0 Å². The van der Waals surface area contributed by atoms with Gasteiger partial charge in [0.2, 0.25) is 0 Å². The summed E-state index contributed by atoms with van der Waals surface area (Å²) in [7, 11) is 1.75. The molecule has 3 heteroatoms. The van der Waals surface area contributed by atoms with Crippen molar-refractivity contribution in [3.63, 3.8) is 0 Å². The van der Waals surface area contributed by atoms with Crippen molar-refractivity contribution in [3.8, 4) is 18.1 Å². The largest absolute Gasteiger partial charge is 0.496 e. The highest BCUT2D eigenvalue weighted by Crippen LogP contribution is 2.64. The number of hydrogen-bond acceptors (Lipinski definition) is 3. The predicted octanol–water partition coefficient (Wildman–Crippen LogP) is 6.72. The number of aliphatic hydroxyl groups excluding tert-OH is 1. The van der Waals surface area contributed by atoms with E-state index in [4.69, 9.17) is 4.74 Å². The number of hydrogen-bond donors (Lipinski definition) is 1. The Bertz CT molecular complexity index is 1050. The van der Waals surface area contributed by atoms with E-state index in [-0.39, 0.29) is 17.3 Å². The van der Waals surface area contributed by atoms with Crippen LogP contribution in [0.3, 0.4) is 0 Å². The lowest BCUT2D eigenvalue weighted by Gasteiger charge is -2.52. The van der Waals surface area contributed by atoms with Crippen LogP contribution in [0, 0.1) is 29.6 Å². The molecule has 0 heterocycles. The zero-order chi connectivity index (χ0) is 24.6. The van der Waals surface area contributed by atoms with Crippen LogP contribution in [0.1, 0.15) is 95.6 Å². The maximum atomic E-state index is 12.2. The van der Waals surface area contributed by atoms with Crippen molar-refractivity contribution in [2.75, 3.05) is 7.11 Å². The molecule has 5 atom stereocenters. The Kier molecular flexibility index (Phi) is 7.11.